The van der Waals surface area contributed by atoms with Crippen LogP contribution in [0.4, 0.5) is 0 Å². The lowest BCUT2D eigenvalue weighted by molar-refractivity contribution is 1.06. The molecule has 0 aliphatic rings. The molecule has 13 aromatic rings. The van der Waals surface area contributed by atoms with E-state index in [9.17, 15) is 0 Å². The fourth-order valence-corrected chi connectivity index (χ4v) is 9.63. The standard InChI is InChI=1S/C61H39N7/c1-5-19-40(20-6-1)51-39-52(63-58(62-51)41-21-7-2-8-22-41)44-33-36-56(50(37-44)61-65-59(42-23-9-3-10-24-42)64-60(66-61)43-25-11-4-12-26-43)68-55-32-18-15-29-48(55)49-35-34-45(38-57(49)68)67-53-30-16-13-27-46(53)47-28-14-17-31-54(47)67/h1-39H. The van der Waals surface area contributed by atoms with Gasteiger partial charge in [-0.25, -0.2) is 24.9 Å². The lowest BCUT2D eigenvalue weighted by Crippen LogP contribution is -2.04. The molecule has 0 radical (unpaired) electrons. The second-order valence-corrected chi connectivity index (χ2v) is 16.9. The van der Waals surface area contributed by atoms with E-state index in [-0.39, 0.29) is 0 Å². The Morgan fingerprint density at radius 1 is 0.250 bits per heavy atom. The number of rotatable bonds is 8. The number of hydrogen-bond donors (Lipinski definition) is 0. The van der Waals surface area contributed by atoms with Crippen LogP contribution in [0.25, 0.3) is 123 Å². The molecule has 13 rings (SSSR count). The van der Waals surface area contributed by atoms with Crippen molar-refractivity contribution < 1.29 is 0 Å². The summed E-state index contributed by atoms with van der Waals surface area (Å²) in [5, 5.41) is 4.72. The summed E-state index contributed by atoms with van der Waals surface area (Å²) >= 11 is 0. The first-order valence-corrected chi connectivity index (χ1v) is 22.8. The summed E-state index contributed by atoms with van der Waals surface area (Å²) in [5.41, 5.74) is 13.5. The normalized spacial score (nSPS) is 11.5. The highest BCUT2D eigenvalue weighted by Crippen LogP contribution is 2.41. The summed E-state index contributed by atoms with van der Waals surface area (Å²) in [5.74, 6) is 2.35. The summed E-state index contributed by atoms with van der Waals surface area (Å²) in [4.78, 5) is 26.2. The van der Waals surface area contributed by atoms with E-state index >= 15 is 0 Å². The Morgan fingerprint density at radius 3 is 1.19 bits per heavy atom. The van der Waals surface area contributed by atoms with E-state index < -0.39 is 0 Å². The molecule has 0 bridgehead atoms. The fraction of sp³-hybridized carbons (Fsp3) is 0. The minimum Gasteiger partial charge on any atom is -0.309 e. The van der Waals surface area contributed by atoms with Gasteiger partial charge in [-0.3, -0.25) is 0 Å². The van der Waals surface area contributed by atoms with E-state index in [1.807, 2.05) is 97.1 Å². The molecule has 7 nitrogen and oxygen atoms in total. The van der Waals surface area contributed by atoms with Crippen molar-refractivity contribution in [3.8, 4) is 79.4 Å². The van der Waals surface area contributed by atoms with E-state index in [0.29, 0.717) is 23.3 Å². The summed E-state index contributed by atoms with van der Waals surface area (Å²) < 4.78 is 4.75. The predicted octanol–water partition coefficient (Wildman–Crippen LogP) is 14.9. The van der Waals surface area contributed by atoms with E-state index in [2.05, 4.69) is 149 Å². The maximum absolute atomic E-state index is 5.35. The van der Waals surface area contributed by atoms with Crippen LogP contribution in [-0.2, 0) is 0 Å². The van der Waals surface area contributed by atoms with Crippen LogP contribution < -0.4 is 0 Å². The number of fused-ring (bicyclic) bond motifs is 6. The molecular formula is C61H39N7. The third-order valence-corrected chi connectivity index (χ3v) is 12.8. The molecule has 9 aromatic carbocycles. The van der Waals surface area contributed by atoms with Crippen molar-refractivity contribution in [1.82, 2.24) is 34.1 Å². The first-order chi connectivity index (χ1) is 33.7. The molecular weight excluding hydrogens is 831 g/mol. The van der Waals surface area contributed by atoms with Gasteiger partial charge in [0.1, 0.15) is 0 Å². The third-order valence-electron chi connectivity index (χ3n) is 12.8. The molecule has 7 heteroatoms. The zero-order valence-electron chi connectivity index (χ0n) is 36.6. The van der Waals surface area contributed by atoms with E-state index in [0.717, 1.165) is 89.0 Å². The van der Waals surface area contributed by atoms with Crippen LogP contribution in [0.15, 0.2) is 237 Å². The van der Waals surface area contributed by atoms with Gasteiger partial charge >= 0.3 is 0 Å². The first kappa shape index (κ1) is 39.1. The van der Waals surface area contributed by atoms with E-state index in [1.165, 1.54) is 10.8 Å². The maximum Gasteiger partial charge on any atom is 0.166 e. The van der Waals surface area contributed by atoms with Gasteiger partial charge in [0.25, 0.3) is 0 Å². The van der Waals surface area contributed by atoms with Crippen LogP contribution in [0.5, 0.6) is 0 Å². The second kappa shape index (κ2) is 16.3. The zero-order chi connectivity index (χ0) is 45.0. The molecule has 4 heterocycles. The van der Waals surface area contributed by atoms with Gasteiger partial charge in [0.05, 0.1) is 39.1 Å². The minimum absolute atomic E-state index is 0.541. The summed E-state index contributed by atoms with van der Waals surface area (Å²) in [6.07, 6.45) is 0. The lowest BCUT2D eigenvalue weighted by atomic mass is 10.0. The van der Waals surface area contributed by atoms with Crippen molar-refractivity contribution in [1.29, 1.82) is 0 Å². The Hall–Kier alpha value is -9.33. The smallest absolute Gasteiger partial charge is 0.166 e. The van der Waals surface area contributed by atoms with Gasteiger partial charge in [-0.2, -0.15) is 0 Å². The quantitative estimate of drug-likeness (QED) is 0.152. The van der Waals surface area contributed by atoms with Gasteiger partial charge in [-0.05, 0) is 48.5 Å². The van der Waals surface area contributed by atoms with Gasteiger partial charge in [0.15, 0.2) is 23.3 Å². The summed E-state index contributed by atoms with van der Waals surface area (Å²) in [7, 11) is 0. The Bertz CT molecular complexity index is 3840. The van der Waals surface area contributed by atoms with Crippen molar-refractivity contribution >= 4 is 43.6 Å². The molecule has 4 aromatic heterocycles. The highest BCUT2D eigenvalue weighted by molar-refractivity contribution is 6.12. The van der Waals surface area contributed by atoms with Gasteiger partial charge in [-0.1, -0.05) is 188 Å². The minimum atomic E-state index is 0.541. The van der Waals surface area contributed by atoms with Crippen molar-refractivity contribution in [2.45, 2.75) is 0 Å². The van der Waals surface area contributed by atoms with Crippen LogP contribution in [0, 0.1) is 0 Å². The predicted molar refractivity (Wildman–Crippen MR) is 277 cm³/mol. The highest BCUT2D eigenvalue weighted by Gasteiger charge is 2.22. The largest absolute Gasteiger partial charge is 0.309 e. The fourth-order valence-electron chi connectivity index (χ4n) is 9.63. The van der Waals surface area contributed by atoms with E-state index in [4.69, 9.17) is 24.9 Å². The Morgan fingerprint density at radius 2 is 0.662 bits per heavy atom. The molecule has 0 aliphatic carbocycles. The molecule has 0 saturated carbocycles. The van der Waals surface area contributed by atoms with Gasteiger partial charge < -0.3 is 9.13 Å². The van der Waals surface area contributed by atoms with Crippen LogP contribution in [0.3, 0.4) is 0 Å². The van der Waals surface area contributed by atoms with Crippen LogP contribution in [0.2, 0.25) is 0 Å². The number of para-hydroxylation sites is 3. The Kier molecular flexibility index (Phi) is 9.35. The average Bonchev–Trinajstić information content (AvgIpc) is 3.94. The van der Waals surface area contributed by atoms with E-state index in [1.54, 1.807) is 0 Å². The van der Waals surface area contributed by atoms with Gasteiger partial charge in [0.2, 0.25) is 0 Å². The molecule has 0 N–H and O–H groups in total. The first-order valence-electron chi connectivity index (χ1n) is 22.8. The van der Waals surface area contributed by atoms with Crippen molar-refractivity contribution in [2.24, 2.45) is 0 Å². The molecule has 0 spiro atoms. The third kappa shape index (κ3) is 6.72. The summed E-state index contributed by atoms with van der Waals surface area (Å²) in [6.45, 7) is 0. The van der Waals surface area contributed by atoms with Crippen LogP contribution in [0.1, 0.15) is 0 Å². The topological polar surface area (TPSA) is 74.3 Å². The van der Waals surface area contributed by atoms with Crippen LogP contribution >= 0.6 is 0 Å². The lowest BCUT2D eigenvalue weighted by Gasteiger charge is -2.17. The molecule has 0 saturated heterocycles. The molecule has 0 aliphatic heterocycles. The van der Waals surface area contributed by atoms with Gasteiger partial charge in [-0.15, -0.1) is 0 Å². The second-order valence-electron chi connectivity index (χ2n) is 16.9. The molecule has 0 atom stereocenters. The molecule has 0 amide bonds. The molecule has 0 fully saturated rings. The summed E-state index contributed by atoms with van der Waals surface area (Å²) in [6, 6.07) is 82.2. The average molecular weight is 870 g/mol. The van der Waals surface area contributed by atoms with Crippen molar-refractivity contribution in [3.05, 3.63) is 237 Å². The van der Waals surface area contributed by atoms with Crippen molar-refractivity contribution in [2.75, 3.05) is 0 Å². The zero-order valence-corrected chi connectivity index (χ0v) is 36.6. The molecule has 68 heavy (non-hydrogen) atoms. The number of aromatic nitrogens is 7. The number of benzene rings is 9. The number of nitrogens with zero attached hydrogens (tertiary/aromatic N) is 7. The monoisotopic (exact) mass is 869 g/mol. The van der Waals surface area contributed by atoms with Crippen LogP contribution in [-0.4, -0.2) is 34.1 Å². The Balaban J connectivity index is 1.11. The SMILES string of the molecule is c1ccc(-c2cc(-c3ccc(-n4c5ccccc5c5ccc(-n6c7ccccc7c7ccccc76)cc54)c(-c4nc(-c5ccccc5)nc(-c5ccccc5)n4)c3)nc(-c3ccccc3)n2)cc1. The molecule has 318 valence electrons. The Labute approximate surface area is 392 Å². The highest BCUT2D eigenvalue weighted by atomic mass is 15.1. The van der Waals surface area contributed by atoms with Crippen molar-refractivity contribution in [3.63, 3.8) is 0 Å². The molecule has 0 unspecified atom stereocenters. The maximum atomic E-state index is 5.35. The number of hydrogen-bond acceptors (Lipinski definition) is 5. The van der Waals surface area contributed by atoms with Gasteiger partial charge in [0, 0.05) is 60.6 Å².